The van der Waals surface area contributed by atoms with Gasteiger partial charge in [0.2, 0.25) is 5.75 Å². The van der Waals surface area contributed by atoms with Crippen LogP contribution in [0, 0.1) is 5.41 Å². The minimum atomic E-state index is -1.33. The number of phenols is 3. The van der Waals surface area contributed by atoms with E-state index in [-0.39, 0.29) is 11.1 Å². The lowest BCUT2D eigenvalue weighted by Gasteiger charge is -2.39. The summed E-state index contributed by atoms with van der Waals surface area (Å²) in [6.07, 6.45) is 14.5. The maximum absolute atomic E-state index is 11.2. The molecule has 0 heterocycles. The Balaban J connectivity index is 0.000000249. The zero-order chi connectivity index (χ0) is 27.8. The zero-order valence-corrected chi connectivity index (χ0v) is 21.1. The van der Waals surface area contributed by atoms with E-state index in [1.165, 1.54) is 17.2 Å². The number of hydrogen-bond donors (Lipinski definition) is 6. The molecule has 3 aromatic carbocycles. The Morgan fingerprint density at radius 1 is 0.700 bits per heavy atom. The summed E-state index contributed by atoms with van der Waals surface area (Å²) < 4.78 is 0. The summed E-state index contributed by atoms with van der Waals surface area (Å²) in [5.41, 5.74) is 5.92. The molecule has 0 amide bonds. The van der Waals surface area contributed by atoms with Crippen LogP contribution in [0.3, 0.4) is 0 Å². The minimum absolute atomic E-state index is 0.0711. The smallest absolute Gasteiger partial charge is 0.200 e. The van der Waals surface area contributed by atoms with E-state index in [1.54, 1.807) is 18.2 Å². The van der Waals surface area contributed by atoms with Crippen molar-refractivity contribution < 1.29 is 30.6 Å². The van der Waals surface area contributed by atoms with Crippen molar-refractivity contribution in [1.82, 2.24) is 0 Å². The largest absolute Gasteiger partial charge is 0.507 e. The quantitative estimate of drug-likeness (QED) is 0.173. The van der Waals surface area contributed by atoms with E-state index in [0.717, 1.165) is 23.1 Å². The number of hydrogen-bond acceptors (Lipinski definition) is 6. The maximum Gasteiger partial charge on any atom is 0.200 e. The second kappa shape index (κ2) is 8.32. The molecule has 0 aromatic heterocycles. The topological polar surface area (TPSA) is 121 Å². The summed E-state index contributed by atoms with van der Waals surface area (Å²) >= 11 is 0. The molecule has 40 heavy (non-hydrogen) atoms. The van der Waals surface area contributed by atoms with Gasteiger partial charge in [-0.1, -0.05) is 78.9 Å². The molecule has 0 fully saturated rings. The van der Waals surface area contributed by atoms with Crippen molar-refractivity contribution in [2.75, 3.05) is 0 Å². The number of benzene rings is 3. The number of rotatable bonds is 0. The molecule has 0 saturated heterocycles. The summed E-state index contributed by atoms with van der Waals surface area (Å²) in [6, 6.07) is 17.5. The minimum Gasteiger partial charge on any atom is -0.507 e. The summed E-state index contributed by atoms with van der Waals surface area (Å²) in [5.74, 6) is -3.64. The number of phenolic OH excluding ortho intramolecular Hbond substituents is 3. The fraction of sp³-hybridized carbons (Fsp3) is 0.0588. The van der Waals surface area contributed by atoms with E-state index in [9.17, 15) is 30.6 Å². The Hall–Kier alpha value is -5.36. The Kier molecular flexibility index (Phi) is 4.94. The van der Waals surface area contributed by atoms with Crippen LogP contribution < -0.4 is 0 Å². The van der Waals surface area contributed by atoms with Crippen LogP contribution in [0.4, 0.5) is 0 Å². The monoisotopic (exact) mass is 528 g/mol. The van der Waals surface area contributed by atoms with Gasteiger partial charge in [0.05, 0.1) is 0 Å². The number of aromatic hydroxyl groups is 3. The molecular formula is C34H24O6. The highest BCUT2D eigenvalue weighted by atomic mass is 16.3. The highest BCUT2D eigenvalue weighted by Gasteiger charge is 2.53. The van der Waals surface area contributed by atoms with Crippen LogP contribution in [0.2, 0.25) is 0 Å². The van der Waals surface area contributed by atoms with Gasteiger partial charge in [-0.25, -0.2) is 0 Å². The molecule has 6 nitrogen and oxygen atoms in total. The molecule has 1 spiro atoms. The summed E-state index contributed by atoms with van der Waals surface area (Å²) in [4.78, 5) is 0. The normalized spacial score (nSPS) is 20.6. The van der Waals surface area contributed by atoms with Crippen LogP contribution >= 0.6 is 0 Å². The summed E-state index contributed by atoms with van der Waals surface area (Å²) in [6.45, 7) is 0. The van der Waals surface area contributed by atoms with Gasteiger partial charge in [0.25, 0.3) is 0 Å². The van der Waals surface area contributed by atoms with Crippen LogP contribution in [-0.2, 0) is 6.42 Å². The molecular weight excluding hydrogens is 504 g/mol. The first-order valence-electron chi connectivity index (χ1n) is 12.9. The van der Waals surface area contributed by atoms with Crippen molar-refractivity contribution in [3.8, 4) is 17.2 Å². The molecule has 5 aliphatic rings. The van der Waals surface area contributed by atoms with Gasteiger partial charge in [0, 0.05) is 11.1 Å². The van der Waals surface area contributed by atoms with Gasteiger partial charge in [0.1, 0.15) is 5.41 Å². The van der Waals surface area contributed by atoms with Crippen molar-refractivity contribution in [2.24, 2.45) is 5.41 Å². The standard InChI is InChI=1S/C25H16O6.C9H8/c26-17-10-12-9-16-19(18(12)21(28)20(17)27)22(29)23(30)24(31)25(16)7-3-6-14-13-5-2-1-4-11(13)8-15(14)25;1-2-5-9-7-3-6-8(9)4-1/h1-10,26-31H;1-6H,7H2. The van der Waals surface area contributed by atoms with E-state index in [2.05, 4.69) is 36.4 Å². The van der Waals surface area contributed by atoms with E-state index in [4.69, 9.17) is 0 Å². The first-order valence-corrected chi connectivity index (χ1v) is 12.9. The molecule has 0 radical (unpaired) electrons. The van der Waals surface area contributed by atoms with Crippen molar-refractivity contribution in [3.05, 3.63) is 141 Å². The molecule has 1 unspecified atom stereocenters. The molecule has 0 aliphatic heterocycles. The predicted molar refractivity (Wildman–Crippen MR) is 154 cm³/mol. The van der Waals surface area contributed by atoms with Crippen LogP contribution in [0.1, 0.15) is 33.4 Å². The molecule has 8 rings (SSSR count). The molecule has 3 aromatic rings. The third-order valence-corrected chi connectivity index (χ3v) is 8.15. The number of aliphatic hydroxyl groups excluding tert-OH is 3. The van der Waals surface area contributed by atoms with E-state index in [1.807, 2.05) is 36.4 Å². The average Bonchev–Trinajstić information content (AvgIpc) is 3.70. The Morgan fingerprint density at radius 2 is 1.43 bits per heavy atom. The lowest BCUT2D eigenvalue weighted by Crippen LogP contribution is -2.32. The Labute approximate surface area is 229 Å². The molecule has 5 aliphatic carbocycles. The fourth-order valence-corrected chi connectivity index (χ4v) is 6.27. The maximum atomic E-state index is 11.2. The summed E-state index contributed by atoms with van der Waals surface area (Å²) in [5, 5.41) is 63.2. The van der Waals surface area contributed by atoms with Crippen molar-refractivity contribution >= 4 is 29.4 Å². The lowest BCUT2D eigenvalue weighted by molar-refractivity contribution is 0.245. The fourth-order valence-electron chi connectivity index (χ4n) is 6.27. The first kappa shape index (κ1) is 23.7. The number of aliphatic hydroxyl groups is 3. The van der Waals surface area contributed by atoms with E-state index in [0.29, 0.717) is 16.7 Å². The number of allylic oxidation sites excluding steroid dienone is 6. The third kappa shape index (κ3) is 3.04. The Bertz CT molecular complexity index is 1880. The second-order valence-electron chi connectivity index (χ2n) is 10.2. The van der Waals surface area contributed by atoms with Gasteiger partial charge in [-0.3, -0.25) is 0 Å². The zero-order valence-electron chi connectivity index (χ0n) is 21.1. The summed E-state index contributed by atoms with van der Waals surface area (Å²) in [7, 11) is 0. The van der Waals surface area contributed by atoms with Gasteiger partial charge in [-0.2, -0.15) is 0 Å². The predicted octanol–water partition coefficient (Wildman–Crippen LogP) is 7.10. The highest BCUT2D eigenvalue weighted by Crippen LogP contribution is 2.64. The molecule has 6 heteroatoms. The SMILES string of the molecule is C1=Cc2ccccc2C1.OC1=C2C(=Cc3cc(O)c(O)c(O)c32)C2(C=CC=C3C2=Cc2ccccc23)C(O)=C1O. The van der Waals surface area contributed by atoms with Crippen LogP contribution in [0.15, 0.2) is 107 Å². The Morgan fingerprint density at radius 3 is 2.23 bits per heavy atom. The average molecular weight is 529 g/mol. The molecule has 196 valence electrons. The van der Waals surface area contributed by atoms with Crippen molar-refractivity contribution in [1.29, 1.82) is 0 Å². The van der Waals surface area contributed by atoms with Crippen molar-refractivity contribution in [3.63, 3.8) is 0 Å². The van der Waals surface area contributed by atoms with Gasteiger partial charge in [-0.05, 0) is 69.2 Å². The van der Waals surface area contributed by atoms with E-state index < -0.39 is 39.9 Å². The molecule has 1 atom stereocenters. The second-order valence-corrected chi connectivity index (χ2v) is 10.2. The van der Waals surface area contributed by atoms with Crippen LogP contribution in [0.5, 0.6) is 17.2 Å². The van der Waals surface area contributed by atoms with Gasteiger partial charge < -0.3 is 30.6 Å². The van der Waals surface area contributed by atoms with Gasteiger partial charge >= 0.3 is 0 Å². The molecule has 6 N–H and O–H groups in total. The van der Waals surface area contributed by atoms with Gasteiger partial charge in [0.15, 0.2) is 28.8 Å². The van der Waals surface area contributed by atoms with Crippen molar-refractivity contribution in [2.45, 2.75) is 6.42 Å². The lowest BCUT2D eigenvalue weighted by atomic mass is 9.63. The molecule has 0 saturated carbocycles. The third-order valence-electron chi connectivity index (χ3n) is 8.15. The number of fused-ring (bicyclic) bond motifs is 9. The van der Waals surface area contributed by atoms with E-state index >= 15 is 0 Å². The van der Waals surface area contributed by atoms with Gasteiger partial charge in [-0.15, -0.1) is 0 Å². The first-order chi connectivity index (χ1) is 19.3. The van der Waals surface area contributed by atoms with Crippen LogP contribution in [0.25, 0.3) is 29.4 Å². The molecule has 0 bridgehead atoms. The van der Waals surface area contributed by atoms with Crippen LogP contribution in [-0.4, -0.2) is 30.6 Å². The highest BCUT2D eigenvalue weighted by molar-refractivity contribution is 6.07.